The number of nitrogens with zero attached hydrogens (tertiary/aromatic N) is 2. The zero-order valence-electron chi connectivity index (χ0n) is 19.5. The van der Waals surface area contributed by atoms with E-state index < -0.39 is 23.7 Å². The second-order valence-corrected chi connectivity index (χ2v) is 9.73. The maximum atomic E-state index is 14.6. The van der Waals surface area contributed by atoms with Crippen LogP contribution in [0.1, 0.15) is 42.9 Å². The zero-order valence-corrected chi connectivity index (χ0v) is 19.5. The summed E-state index contributed by atoms with van der Waals surface area (Å²) in [5.41, 5.74) is 7.54. The molecule has 6 nitrogen and oxygen atoms in total. The number of nitrogens with one attached hydrogen (secondary N) is 1. The number of hydrogen-bond donors (Lipinski definition) is 2. The van der Waals surface area contributed by atoms with Crippen LogP contribution in [0.4, 0.5) is 13.6 Å². The minimum atomic E-state index is -0.658. The summed E-state index contributed by atoms with van der Waals surface area (Å²) >= 11 is 0. The van der Waals surface area contributed by atoms with Crippen molar-refractivity contribution in [3.8, 4) is 0 Å². The molecule has 3 N–H and O–H groups in total. The van der Waals surface area contributed by atoms with Gasteiger partial charge in [0.1, 0.15) is 17.7 Å². The van der Waals surface area contributed by atoms with Crippen LogP contribution in [0, 0.1) is 17.6 Å². The summed E-state index contributed by atoms with van der Waals surface area (Å²) in [7, 11) is 0. The van der Waals surface area contributed by atoms with Gasteiger partial charge >= 0.3 is 6.03 Å². The standard InChI is InChI=1S/C27H30F2N4O2/c28-20-8-9-23(29)22(15-20)19-14-24(17-4-2-1-3-5-17)33(16-19)26(34)25(18-6-7-18)31-27(35)32-12-10-21(30)11-13-32/h1-5,8-9,14-15,18,21,24-25H,6-7,10-13,16,30H2,(H,31,35)/t24?,25-/m0/s1. The fourth-order valence-corrected chi connectivity index (χ4v) is 4.99. The van der Waals surface area contributed by atoms with Crippen molar-refractivity contribution in [1.82, 2.24) is 15.1 Å². The minimum absolute atomic E-state index is 0.0740. The van der Waals surface area contributed by atoms with Gasteiger partial charge in [0.15, 0.2) is 0 Å². The van der Waals surface area contributed by atoms with Gasteiger partial charge in [0.2, 0.25) is 5.91 Å². The first-order chi connectivity index (χ1) is 16.9. The maximum absolute atomic E-state index is 14.6. The van der Waals surface area contributed by atoms with Gasteiger partial charge in [-0.05, 0) is 60.9 Å². The van der Waals surface area contributed by atoms with Crippen molar-refractivity contribution in [1.29, 1.82) is 0 Å². The van der Waals surface area contributed by atoms with Gasteiger partial charge in [-0.2, -0.15) is 0 Å². The third-order valence-corrected chi connectivity index (χ3v) is 7.20. The first-order valence-corrected chi connectivity index (χ1v) is 12.2. The van der Waals surface area contributed by atoms with Crippen LogP contribution < -0.4 is 11.1 Å². The highest BCUT2D eigenvalue weighted by Gasteiger charge is 2.43. The topological polar surface area (TPSA) is 78.7 Å². The first kappa shape index (κ1) is 23.5. The average Bonchev–Trinajstić information content (AvgIpc) is 3.62. The Morgan fingerprint density at radius 3 is 2.40 bits per heavy atom. The Bertz CT molecular complexity index is 1130. The van der Waals surface area contributed by atoms with Crippen LogP contribution in [0.3, 0.4) is 0 Å². The van der Waals surface area contributed by atoms with Crippen molar-refractivity contribution >= 4 is 17.5 Å². The molecular formula is C27H30F2N4O2. The number of nitrogens with two attached hydrogens (primary N) is 1. The lowest BCUT2D eigenvalue weighted by atomic mass is 10.0. The van der Waals surface area contributed by atoms with Crippen LogP contribution >= 0.6 is 0 Å². The van der Waals surface area contributed by atoms with Crippen LogP contribution in [-0.4, -0.2) is 53.5 Å². The van der Waals surface area contributed by atoms with Crippen LogP contribution in [0.15, 0.2) is 54.6 Å². The molecule has 0 spiro atoms. The van der Waals surface area contributed by atoms with Crippen molar-refractivity contribution < 1.29 is 18.4 Å². The van der Waals surface area contributed by atoms with Crippen molar-refractivity contribution in [2.24, 2.45) is 11.7 Å². The largest absolute Gasteiger partial charge is 0.328 e. The van der Waals surface area contributed by atoms with Crippen LogP contribution in [0.2, 0.25) is 0 Å². The highest BCUT2D eigenvalue weighted by atomic mass is 19.1. The van der Waals surface area contributed by atoms with Gasteiger partial charge in [0.25, 0.3) is 0 Å². The summed E-state index contributed by atoms with van der Waals surface area (Å²) < 4.78 is 28.5. The Labute approximate surface area is 203 Å². The molecule has 2 aliphatic heterocycles. The maximum Gasteiger partial charge on any atom is 0.318 e. The lowest BCUT2D eigenvalue weighted by molar-refractivity contribution is -0.134. The van der Waals surface area contributed by atoms with E-state index in [4.69, 9.17) is 5.73 Å². The summed E-state index contributed by atoms with van der Waals surface area (Å²) in [6, 6.07) is 11.6. The zero-order chi connectivity index (χ0) is 24.5. The third-order valence-electron chi connectivity index (χ3n) is 7.20. The smallest absolute Gasteiger partial charge is 0.318 e. The SMILES string of the molecule is NC1CCN(C(=O)N[C@H](C(=O)N2CC(c3cc(F)ccc3F)=CC2c2ccccc2)C2CC2)CC1. The lowest BCUT2D eigenvalue weighted by Crippen LogP contribution is -2.55. The Kier molecular flexibility index (Phi) is 6.56. The Morgan fingerprint density at radius 2 is 1.71 bits per heavy atom. The fourth-order valence-electron chi connectivity index (χ4n) is 4.99. The molecule has 0 radical (unpaired) electrons. The van der Waals surface area contributed by atoms with Crippen LogP contribution in [0.5, 0.6) is 0 Å². The van der Waals surface area contributed by atoms with Gasteiger partial charge in [-0.25, -0.2) is 13.6 Å². The van der Waals surface area contributed by atoms with Crippen molar-refractivity contribution in [2.45, 2.75) is 43.8 Å². The second kappa shape index (κ2) is 9.77. The van der Waals surface area contributed by atoms with E-state index >= 15 is 0 Å². The molecule has 2 fully saturated rings. The molecule has 35 heavy (non-hydrogen) atoms. The molecule has 1 saturated heterocycles. The molecule has 3 amide bonds. The van der Waals surface area contributed by atoms with E-state index in [1.165, 1.54) is 6.07 Å². The van der Waals surface area contributed by atoms with E-state index in [0.717, 1.165) is 43.4 Å². The minimum Gasteiger partial charge on any atom is -0.328 e. The number of urea groups is 1. The molecule has 184 valence electrons. The van der Waals surface area contributed by atoms with Crippen LogP contribution in [0.25, 0.3) is 5.57 Å². The summed E-state index contributed by atoms with van der Waals surface area (Å²) in [5, 5.41) is 2.99. The number of likely N-dealkylation sites (tertiary alicyclic amines) is 1. The molecule has 8 heteroatoms. The van der Waals surface area contributed by atoms with Gasteiger partial charge in [0, 0.05) is 31.2 Å². The summed E-state index contributed by atoms with van der Waals surface area (Å²) in [6.07, 6.45) is 5.03. The van der Waals surface area contributed by atoms with E-state index in [1.54, 1.807) is 9.80 Å². The van der Waals surface area contributed by atoms with E-state index in [1.807, 2.05) is 36.4 Å². The van der Waals surface area contributed by atoms with E-state index in [9.17, 15) is 18.4 Å². The number of carbonyl (C=O) groups is 2. The molecule has 3 aliphatic rings. The number of rotatable bonds is 5. The molecule has 5 rings (SSSR count). The molecule has 2 aromatic carbocycles. The number of benzene rings is 2. The highest BCUT2D eigenvalue weighted by Crippen LogP contribution is 2.39. The normalized spacial score (nSPS) is 21.6. The summed E-state index contributed by atoms with van der Waals surface area (Å²) in [5.74, 6) is -1.20. The van der Waals surface area contributed by atoms with Crippen molar-refractivity contribution in [3.05, 3.63) is 77.4 Å². The Balaban J connectivity index is 1.40. The second-order valence-electron chi connectivity index (χ2n) is 9.73. The monoisotopic (exact) mass is 480 g/mol. The van der Waals surface area contributed by atoms with Gasteiger partial charge < -0.3 is 20.9 Å². The van der Waals surface area contributed by atoms with Gasteiger partial charge in [-0.3, -0.25) is 4.79 Å². The number of halogens is 2. The molecule has 1 saturated carbocycles. The molecule has 2 aromatic rings. The fraction of sp³-hybridized carbons (Fsp3) is 0.407. The van der Waals surface area contributed by atoms with Gasteiger partial charge in [0.05, 0.1) is 6.04 Å². The van der Waals surface area contributed by atoms with E-state index in [0.29, 0.717) is 18.7 Å². The number of amides is 3. The van der Waals surface area contributed by atoms with Crippen molar-refractivity contribution in [3.63, 3.8) is 0 Å². The number of piperidine rings is 1. The average molecular weight is 481 g/mol. The molecular weight excluding hydrogens is 450 g/mol. The first-order valence-electron chi connectivity index (χ1n) is 12.2. The molecule has 2 heterocycles. The molecule has 1 aliphatic carbocycles. The van der Waals surface area contributed by atoms with Crippen molar-refractivity contribution in [2.75, 3.05) is 19.6 Å². The number of hydrogen-bond acceptors (Lipinski definition) is 3. The van der Waals surface area contributed by atoms with E-state index in [2.05, 4.69) is 5.32 Å². The van der Waals surface area contributed by atoms with E-state index in [-0.39, 0.29) is 36.0 Å². The number of carbonyl (C=O) groups excluding carboxylic acids is 2. The molecule has 0 bridgehead atoms. The summed E-state index contributed by atoms with van der Waals surface area (Å²) in [6.45, 7) is 1.27. The Morgan fingerprint density at radius 1 is 1.00 bits per heavy atom. The third kappa shape index (κ3) is 5.07. The molecule has 1 unspecified atom stereocenters. The quantitative estimate of drug-likeness (QED) is 0.683. The van der Waals surface area contributed by atoms with Crippen LogP contribution in [-0.2, 0) is 4.79 Å². The Hall–Kier alpha value is -3.26. The van der Waals surface area contributed by atoms with Gasteiger partial charge in [-0.1, -0.05) is 36.4 Å². The van der Waals surface area contributed by atoms with Gasteiger partial charge in [-0.15, -0.1) is 0 Å². The molecule has 0 aromatic heterocycles. The lowest BCUT2D eigenvalue weighted by Gasteiger charge is -2.33. The summed E-state index contributed by atoms with van der Waals surface area (Å²) in [4.78, 5) is 30.3. The highest BCUT2D eigenvalue weighted by molar-refractivity contribution is 5.90. The predicted molar refractivity (Wildman–Crippen MR) is 129 cm³/mol. The molecule has 2 atom stereocenters. The predicted octanol–water partition coefficient (Wildman–Crippen LogP) is 3.84.